The van der Waals surface area contributed by atoms with Gasteiger partial charge in [0.25, 0.3) is 0 Å². The van der Waals surface area contributed by atoms with Crippen LogP contribution in [0.4, 0.5) is 0 Å². The van der Waals surface area contributed by atoms with E-state index in [1.807, 2.05) is 44.2 Å². The molecule has 4 heteroatoms. The number of benzene rings is 1. The summed E-state index contributed by atoms with van der Waals surface area (Å²) in [4.78, 5) is 13.3. The molecule has 0 amide bonds. The molecule has 0 radical (unpaired) electrons. The van der Waals surface area contributed by atoms with Crippen LogP contribution in [0.5, 0.6) is 0 Å². The lowest BCUT2D eigenvalue weighted by molar-refractivity contribution is 1.07. The van der Waals surface area contributed by atoms with Crippen molar-refractivity contribution in [1.82, 2.24) is 15.0 Å². The van der Waals surface area contributed by atoms with Gasteiger partial charge in [-0.05, 0) is 26.0 Å². The Morgan fingerprint density at radius 1 is 1.00 bits per heavy atom. The number of aryl methyl sites for hydroxylation is 1. The second kappa shape index (κ2) is 4.59. The Kier molecular flexibility index (Phi) is 2.91. The number of fused-ring (bicyclic) bond motifs is 1. The van der Waals surface area contributed by atoms with Crippen molar-refractivity contribution in [3.63, 3.8) is 0 Å². The van der Waals surface area contributed by atoms with E-state index in [2.05, 4.69) is 15.0 Å². The fourth-order valence-corrected chi connectivity index (χ4v) is 2.22. The van der Waals surface area contributed by atoms with E-state index >= 15 is 0 Å². The van der Waals surface area contributed by atoms with Crippen molar-refractivity contribution in [2.24, 2.45) is 0 Å². The number of aromatic nitrogens is 3. The molecular weight excluding hydrogens is 258 g/mol. The fourth-order valence-electron chi connectivity index (χ4n) is 2.01. The van der Waals surface area contributed by atoms with Gasteiger partial charge in [0.05, 0.1) is 5.52 Å². The fraction of sp³-hybridized carbons (Fsp3) is 0.133. The minimum Gasteiger partial charge on any atom is -0.256 e. The van der Waals surface area contributed by atoms with Crippen molar-refractivity contribution in [2.45, 2.75) is 13.8 Å². The molecule has 2 aromatic heterocycles. The summed E-state index contributed by atoms with van der Waals surface area (Å²) in [5, 5.41) is 1.53. The summed E-state index contributed by atoms with van der Waals surface area (Å²) in [5.41, 5.74) is 3.70. The number of rotatable bonds is 1. The van der Waals surface area contributed by atoms with Gasteiger partial charge in [0, 0.05) is 28.4 Å². The van der Waals surface area contributed by atoms with Crippen molar-refractivity contribution in [2.75, 3.05) is 0 Å². The van der Waals surface area contributed by atoms with E-state index in [0.29, 0.717) is 11.0 Å². The third-order valence-corrected chi connectivity index (χ3v) is 3.59. The third kappa shape index (κ3) is 2.06. The first kappa shape index (κ1) is 12.1. The highest BCUT2D eigenvalue weighted by Gasteiger charge is 2.10. The molecule has 0 bridgehead atoms. The molecule has 0 aliphatic heterocycles. The second-order valence-corrected chi connectivity index (χ2v) is 4.78. The van der Waals surface area contributed by atoms with E-state index in [1.54, 1.807) is 6.20 Å². The van der Waals surface area contributed by atoms with Gasteiger partial charge in [-0.3, -0.25) is 4.98 Å². The zero-order valence-electron chi connectivity index (χ0n) is 10.7. The minimum atomic E-state index is 0.503. The summed E-state index contributed by atoms with van der Waals surface area (Å²) < 4.78 is 0. The van der Waals surface area contributed by atoms with Crippen molar-refractivity contribution in [3.8, 4) is 11.4 Å². The van der Waals surface area contributed by atoms with E-state index in [-0.39, 0.29) is 0 Å². The summed E-state index contributed by atoms with van der Waals surface area (Å²) in [6.45, 7) is 3.86. The van der Waals surface area contributed by atoms with Crippen LogP contribution in [-0.2, 0) is 0 Å². The molecule has 3 rings (SSSR count). The predicted molar refractivity (Wildman–Crippen MR) is 77.3 cm³/mol. The molecule has 0 aliphatic carbocycles. The Morgan fingerprint density at radius 3 is 2.58 bits per heavy atom. The van der Waals surface area contributed by atoms with E-state index in [9.17, 15) is 0 Å². The number of hydrogen-bond acceptors (Lipinski definition) is 3. The Balaban J connectivity index is 2.31. The zero-order valence-corrected chi connectivity index (χ0v) is 11.4. The molecule has 1 aromatic carbocycles. The molecule has 0 atom stereocenters. The molecule has 3 aromatic rings. The first-order valence-corrected chi connectivity index (χ1v) is 6.39. The quantitative estimate of drug-likeness (QED) is 0.628. The number of para-hydroxylation sites is 1. The van der Waals surface area contributed by atoms with Crippen molar-refractivity contribution < 1.29 is 0 Å². The van der Waals surface area contributed by atoms with E-state index < -0.39 is 0 Å². The molecule has 3 nitrogen and oxygen atoms in total. The van der Waals surface area contributed by atoms with Crippen molar-refractivity contribution in [3.05, 3.63) is 52.9 Å². The highest BCUT2D eigenvalue weighted by Crippen LogP contribution is 2.27. The van der Waals surface area contributed by atoms with Gasteiger partial charge in [-0.2, -0.15) is 0 Å². The normalized spacial score (nSPS) is 10.9. The molecule has 0 saturated carbocycles. The summed E-state index contributed by atoms with van der Waals surface area (Å²) in [6.07, 6.45) is 1.77. The van der Waals surface area contributed by atoms with E-state index in [0.717, 1.165) is 27.7 Å². The topological polar surface area (TPSA) is 38.7 Å². The van der Waals surface area contributed by atoms with E-state index in [4.69, 9.17) is 11.6 Å². The molecule has 94 valence electrons. The lowest BCUT2D eigenvalue weighted by Gasteiger charge is -2.08. The summed E-state index contributed by atoms with van der Waals surface area (Å²) in [6, 6.07) is 9.86. The molecule has 19 heavy (non-hydrogen) atoms. The number of hydrogen-bond donors (Lipinski definition) is 0. The maximum absolute atomic E-state index is 6.15. The maximum Gasteiger partial charge on any atom is 0.161 e. The maximum atomic E-state index is 6.15. The summed E-state index contributed by atoms with van der Waals surface area (Å²) in [7, 11) is 0. The molecular formula is C15H12ClN3. The van der Waals surface area contributed by atoms with Gasteiger partial charge >= 0.3 is 0 Å². The van der Waals surface area contributed by atoms with Crippen LogP contribution in [0.2, 0.25) is 5.15 Å². The SMILES string of the molecule is Cc1nc(-c2ccnc3ccccc23)nc(Cl)c1C. The van der Waals surface area contributed by atoms with Crippen LogP contribution < -0.4 is 0 Å². The van der Waals surface area contributed by atoms with Crippen LogP contribution in [0.1, 0.15) is 11.3 Å². The van der Waals surface area contributed by atoms with Gasteiger partial charge in [-0.1, -0.05) is 29.8 Å². The standard InChI is InChI=1S/C15H12ClN3/c1-9-10(2)18-15(19-14(9)16)12-7-8-17-13-6-4-3-5-11(12)13/h3-8H,1-2H3. The molecule has 0 aliphatic rings. The molecule has 0 N–H and O–H groups in total. The Hall–Kier alpha value is -2.00. The summed E-state index contributed by atoms with van der Waals surface area (Å²) in [5.74, 6) is 0.645. The van der Waals surface area contributed by atoms with Crippen LogP contribution in [0.25, 0.3) is 22.3 Å². The largest absolute Gasteiger partial charge is 0.256 e. The number of pyridine rings is 1. The lowest BCUT2D eigenvalue weighted by Crippen LogP contribution is -1.97. The van der Waals surface area contributed by atoms with Gasteiger partial charge in [0.2, 0.25) is 0 Å². The summed E-state index contributed by atoms with van der Waals surface area (Å²) >= 11 is 6.15. The highest BCUT2D eigenvalue weighted by molar-refractivity contribution is 6.30. The van der Waals surface area contributed by atoms with Gasteiger partial charge < -0.3 is 0 Å². The molecule has 0 saturated heterocycles. The first-order chi connectivity index (χ1) is 9.16. The van der Waals surface area contributed by atoms with Crippen LogP contribution in [0.15, 0.2) is 36.5 Å². The van der Waals surface area contributed by atoms with Crippen LogP contribution in [0.3, 0.4) is 0 Å². The molecule has 0 fully saturated rings. The minimum absolute atomic E-state index is 0.503. The molecule has 2 heterocycles. The van der Waals surface area contributed by atoms with E-state index in [1.165, 1.54) is 0 Å². The first-order valence-electron chi connectivity index (χ1n) is 6.01. The third-order valence-electron chi connectivity index (χ3n) is 3.22. The average Bonchev–Trinajstić information content (AvgIpc) is 2.43. The van der Waals surface area contributed by atoms with Crippen molar-refractivity contribution >= 4 is 22.5 Å². The smallest absolute Gasteiger partial charge is 0.161 e. The second-order valence-electron chi connectivity index (χ2n) is 4.42. The Labute approximate surface area is 116 Å². The Bertz CT molecular complexity index is 740. The van der Waals surface area contributed by atoms with Gasteiger partial charge in [-0.15, -0.1) is 0 Å². The Morgan fingerprint density at radius 2 is 1.79 bits per heavy atom. The van der Waals surface area contributed by atoms with Gasteiger partial charge in [0.1, 0.15) is 5.15 Å². The van der Waals surface area contributed by atoms with Crippen LogP contribution in [-0.4, -0.2) is 15.0 Å². The predicted octanol–water partition coefficient (Wildman–Crippen LogP) is 3.96. The molecule has 0 unspecified atom stereocenters. The highest BCUT2D eigenvalue weighted by atomic mass is 35.5. The van der Waals surface area contributed by atoms with Gasteiger partial charge in [0.15, 0.2) is 5.82 Å². The zero-order chi connectivity index (χ0) is 13.4. The lowest BCUT2D eigenvalue weighted by atomic mass is 10.1. The van der Waals surface area contributed by atoms with Crippen molar-refractivity contribution in [1.29, 1.82) is 0 Å². The van der Waals surface area contributed by atoms with Gasteiger partial charge in [-0.25, -0.2) is 9.97 Å². The molecule has 0 spiro atoms. The number of nitrogens with zero attached hydrogens (tertiary/aromatic N) is 3. The monoisotopic (exact) mass is 269 g/mol. The number of halogens is 1. The average molecular weight is 270 g/mol. The van der Waals surface area contributed by atoms with Crippen LogP contribution >= 0.6 is 11.6 Å². The van der Waals surface area contributed by atoms with Crippen LogP contribution in [0, 0.1) is 13.8 Å².